The summed E-state index contributed by atoms with van der Waals surface area (Å²) in [5, 5.41) is 11.8. The van der Waals surface area contributed by atoms with Gasteiger partial charge in [0.1, 0.15) is 5.54 Å². The highest BCUT2D eigenvalue weighted by Crippen LogP contribution is 2.11. The van der Waals surface area contributed by atoms with E-state index in [1.807, 2.05) is 12.4 Å². The molecule has 0 aliphatic rings. The molecule has 0 saturated carbocycles. The van der Waals surface area contributed by atoms with E-state index in [4.69, 9.17) is 5.26 Å². The Bertz CT molecular complexity index is 373. The molecule has 0 saturated heterocycles. The molecule has 0 fully saturated rings. The second-order valence-electron chi connectivity index (χ2n) is 4.87. The van der Waals surface area contributed by atoms with Gasteiger partial charge in [-0.1, -0.05) is 13.8 Å². The Morgan fingerprint density at radius 1 is 1.38 bits per heavy atom. The zero-order valence-electron chi connectivity index (χ0n) is 10.3. The van der Waals surface area contributed by atoms with Gasteiger partial charge in [-0.3, -0.25) is 0 Å². The van der Waals surface area contributed by atoms with Crippen molar-refractivity contribution in [1.29, 1.82) is 5.26 Å². The average Bonchev–Trinajstić information content (AvgIpc) is 2.20. The molecular weight excluding hydrogens is 200 g/mol. The molecule has 1 aromatic heterocycles. The lowest BCUT2D eigenvalue weighted by atomic mass is 10.1. The molecule has 4 heteroatoms. The number of nitrogens with one attached hydrogen (secondary N) is 1. The standard InChI is InChI=1S/C12H18N4/c1-9(2)5-10-6-14-11(15-7-10)16-12(3,4)8-13/h6-7,9H,5H2,1-4H3,(H,14,15,16). The third-order valence-electron chi connectivity index (χ3n) is 2.05. The van der Waals surface area contributed by atoms with Crippen molar-refractivity contribution in [2.75, 3.05) is 5.32 Å². The van der Waals surface area contributed by atoms with E-state index < -0.39 is 5.54 Å². The Labute approximate surface area is 96.7 Å². The smallest absolute Gasteiger partial charge is 0.223 e. The number of hydrogen-bond acceptors (Lipinski definition) is 4. The lowest BCUT2D eigenvalue weighted by Gasteiger charge is -2.17. The number of hydrogen-bond donors (Lipinski definition) is 1. The van der Waals surface area contributed by atoms with Crippen LogP contribution in [0.3, 0.4) is 0 Å². The first kappa shape index (κ1) is 12.4. The normalized spacial score (nSPS) is 11.2. The van der Waals surface area contributed by atoms with Gasteiger partial charge in [0.15, 0.2) is 0 Å². The molecule has 0 bridgehead atoms. The van der Waals surface area contributed by atoms with Crippen LogP contribution < -0.4 is 5.32 Å². The van der Waals surface area contributed by atoms with Gasteiger partial charge in [0.2, 0.25) is 5.95 Å². The van der Waals surface area contributed by atoms with Gasteiger partial charge in [0.05, 0.1) is 6.07 Å². The Morgan fingerprint density at radius 2 is 1.94 bits per heavy atom. The molecule has 4 nitrogen and oxygen atoms in total. The highest BCUT2D eigenvalue weighted by Gasteiger charge is 2.16. The minimum absolute atomic E-state index is 0.499. The van der Waals surface area contributed by atoms with Crippen molar-refractivity contribution in [3.05, 3.63) is 18.0 Å². The van der Waals surface area contributed by atoms with Crippen molar-refractivity contribution in [2.45, 2.75) is 39.7 Å². The van der Waals surface area contributed by atoms with Crippen molar-refractivity contribution >= 4 is 5.95 Å². The first-order chi connectivity index (χ1) is 7.43. The predicted octanol–water partition coefficient (Wildman–Crippen LogP) is 2.39. The molecular formula is C12H18N4. The molecule has 0 aliphatic carbocycles. The molecule has 1 heterocycles. The molecule has 1 N–H and O–H groups in total. The topological polar surface area (TPSA) is 61.6 Å². The van der Waals surface area contributed by atoms with Gasteiger partial charge in [-0.2, -0.15) is 5.26 Å². The van der Waals surface area contributed by atoms with Crippen LogP contribution in [-0.2, 0) is 6.42 Å². The lowest BCUT2D eigenvalue weighted by Crippen LogP contribution is -2.29. The molecule has 86 valence electrons. The fourth-order valence-corrected chi connectivity index (χ4v) is 1.30. The van der Waals surface area contributed by atoms with Gasteiger partial charge in [0, 0.05) is 12.4 Å². The Morgan fingerprint density at radius 3 is 2.38 bits per heavy atom. The van der Waals surface area contributed by atoms with E-state index in [-0.39, 0.29) is 0 Å². The molecule has 0 spiro atoms. The average molecular weight is 218 g/mol. The second kappa shape index (κ2) is 4.93. The van der Waals surface area contributed by atoms with Crippen molar-refractivity contribution in [3.63, 3.8) is 0 Å². The Kier molecular flexibility index (Phi) is 3.83. The van der Waals surface area contributed by atoms with Gasteiger partial charge in [-0.25, -0.2) is 9.97 Å². The fraction of sp³-hybridized carbons (Fsp3) is 0.583. The summed E-state index contributed by atoms with van der Waals surface area (Å²) >= 11 is 0. The minimum atomic E-state index is -0.639. The number of nitrogens with zero attached hydrogens (tertiary/aromatic N) is 3. The fourth-order valence-electron chi connectivity index (χ4n) is 1.30. The van der Waals surface area contributed by atoms with E-state index in [0.717, 1.165) is 12.0 Å². The van der Waals surface area contributed by atoms with E-state index in [9.17, 15) is 0 Å². The van der Waals surface area contributed by atoms with Crippen LogP contribution in [0.2, 0.25) is 0 Å². The van der Waals surface area contributed by atoms with Crippen molar-refractivity contribution in [3.8, 4) is 6.07 Å². The van der Waals surface area contributed by atoms with Crippen molar-refractivity contribution in [2.24, 2.45) is 5.92 Å². The van der Waals surface area contributed by atoms with E-state index in [1.165, 1.54) is 0 Å². The summed E-state index contributed by atoms with van der Waals surface area (Å²) in [5.74, 6) is 1.09. The maximum Gasteiger partial charge on any atom is 0.223 e. The predicted molar refractivity (Wildman–Crippen MR) is 63.9 cm³/mol. The highest BCUT2D eigenvalue weighted by atomic mass is 15.1. The number of aromatic nitrogens is 2. The molecule has 0 unspecified atom stereocenters. The lowest BCUT2D eigenvalue weighted by molar-refractivity contribution is 0.642. The molecule has 1 aromatic rings. The first-order valence-corrected chi connectivity index (χ1v) is 5.43. The molecule has 16 heavy (non-hydrogen) atoms. The third kappa shape index (κ3) is 3.85. The number of rotatable bonds is 4. The summed E-state index contributed by atoms with van der Waals surface area (Å²) < 4.78 is 0. The summed E-state index contributed by atoms with van der Waals surface area (Å²) in [4.78, 5) is 8.38. The Hall–Kier alpha value is -1.63. The Balaban J connectivity index is 2.69. The van der Waals surface area contributed by atoms with Crippen LogP contribution in [0.15, 0.2) is 12.4 Å². The first-order valence-electron chi connectivity index (χ1n) is 5.43. The van der Waals surface area contributed by atoms with Crippen molar-refractivity contribution < 1.29 is 0 Å². The van der Waals surface area contributed by atoms with E-state index in [1.54, 1.807) is 13.8 Å². The molecule has 1 rings (SSSR count). The van der Waals surface area contributed by atoms with Gasteiger partial charge in [-0.15, -0.1) is 0 Å². The quantitative estimate of drug-likeness (QED) is 0.842. The molecule has 0 atom stereocenters. The summed E-state index contributed by atoms with van der Waals surface area (Å²) in [7, 11) is 0. The van der Waals surface area contributed by atoms with E-state index in [0.29, 0.717) is 11.9 Å². The molecule has 0 radical (unpaired) electrons. The molecule has 0 amide bonds. The van der Waals surface area contributed by atoms with Crippen LogP contribution in [0.1, 0.15) is 33.3 Å². The zero-order chi connectivity index (χ0) is 12.2. The van der Waals surface area contributed by atoms with E-state index in [2.05, 4.69) is 35.2 Å². The number of anilines is 1. The second-order valence-corrected chi connectivity index (χ2v) is 4.87. The van der Waals surface area contributed by atoms with E-state index >= 15 is 0 Å². The monoisotopic (exact) mass is 218 g/mol. The van der Waals surface area contributed by atoms with Crippen LogP contribution >= 0.6 is 0 Å². The largest absolute Gasteiger partial charge is 0.336 e. The van der Waals surface area contributed by atoms with Crippen LogP contribution in [-0.4, -0.2) is 15.5 Å². The zero-order valence-corrected chi connectivity index (χ0v) is 10.3. The van der Waals surface area contributed by atoms with Gasteiger partial charge in [0.25, 0.3) is 0 Å². The molecule has 0 aliphatic heterocycles. The minimum Gasteiger partial charge on any atom is -0.336 e. The highest BCUT2D eigenvalue weighted by molar-refractivity contribution is 5.32. The van der Waals surface area contributed by atoms with Crippen LogP contribution in [0, 0.1) is 17.2 Å². The number of nitriles is 1. The van der Waals surface area contributed by atoms with Gasteiger partial charge >= 0.3 is 0 Å². The third-order valence-corrected chi connectivity index (χ3v) is 2.05. The van der Waals surface area contributed by atoms with Gasteiger partial charge in [-0.05, 0) is 31.7 Å². The van der Waals surface area contributed by atoms with Crippen LogP contribution in [0.5, 0.6) is 0 Å². The SMILES string of the molecule is CC(C)Cc1cnc(NC(C)(C)C#N)nc1. The summed E-state index contributed by atoms with van der Waals surface area (Å²) in [6.45, 7) is 7.90. The summed E-state index contributed by atoms with van der Waals surface area (Å²) in [6, 6.07) is 2.15. The van der Waals surface area contributed by atoms with Crippen LogP contribution in [0.25, 0.3) is 0 Å². The summed E-state index contributed by atoms with van der Waals surface area (Å²) in [5.41, 5.74) is 0.481. The van der Waals surface area contributed by atoms with Crippen LogP contribution in [0.4, 0.5) is 5.95 Å². The summed E-state index contributed by atoms with van der Waals surface area (Å²) in [6.07, 6.45) is 4.59. The maximum atomic E-state index is 8.86. The molecule has 0 aromatic carbocycles. The maximum absolute atomic E-state index is 8.86. The van der Waals surface area contributed by atoms with Gasteiger partial charge < -0.3 is 5.32 Å². The van der Waals surface area contributed by atoms with Crippen molar-refractivity contribution in [1.82, 2.24) is 9.97 Å².